The highest BCUT2D eigenvalue weighted by Crippen LogP contribution is 2.12. The maximum absolute atomic E-state index is 12.0. The van der Waals surface area contributed by atoms with E-state index in [1.807, 2.05) is 41.1 Å². The van der Waals surface area contributed by atoms with Crippen LogP contribution in [0.2, 0.25) is 0 Å². The first-order chi connectivity index (χ1) is 8.08. The molecule has 0 fully saturated rings. The van der Waals surface area contributed by atoms with Crippen molar-refractivity contribution in [2.24, 2.45) is 0 Å². The molecule has 0 aliphatic carbocycles. The summed E-state index contributed by atoms with van der Waals surface area (Å²) in [6.07, 6.45) is 0. The Morgan fingerprint density at radius 1 is 1.39 bits per heavy atom. The van der Waals surface area contributed by atoms with Crippen molar-refractivity contribution < 1.29 is 26.3 Å². The summed E-state index contributed by atoms with van der Waals surface area (Å²) in [6, 6.07) is 7.35. The van der Waals surface area contributed by atoms with Crippen LogP contribution >= 0.6 is 27.3 Å². The summed E-state index contributed by atoms with van der Waals surface area (Å²) in [5.41, 5.74) is 7.53. The minimum Gasteiger partial charge on any atom is -1.00 e. The number of carbonyl (C=O) groups is 1. The van der Waals surface area contributed by atoms with Gasteiger partial charge >= 0.3 is 5.13 Å². The summed E-state index contributed by atoms with van der Waals surface area (Å²) in [5.74, 6) is 0.0655. The Balaban J connectivity index is 0.00000162. The van der Waals surface area contributed by atoms with Crippen LogP contribution in [0, 0.1) is 6.92 Å². The summed E-state index contributed by atoms with van der Waals surface area (Å²) in [7, 11) is 0. The average Bonchev–Trinajstić information content (AvgIpc) is 2.61. The van der Waals surface area contributed by atoms with Crippen molar-refractivity contribution in [2.45, 2.75) is 13.5 Å². The van der Waals surface area contributed by atoms with Gasteiger partial charge in [0.15, 0.2) is 6.54 Å². The van der Waals surface area contributed by atoms with E-state index < -0.39 is 0 Å². The number of aryl methyl sites for hydroxylation is 1. The Kier molecular flexibility index (Phi) is 5.49. The van der Waals surface area contributed by atoms with Gasteiger partial charge in [-0.2, -0.15) is 0 Å². The summed E-state index contributed by atoms with van der Waals surface area (Å²) < 4.78 is 2.79. The summed E-state index contributed by atoms with van der Waals surface area (Å²) in [6.45, 7) is 2.24. The van der Waals surface area contributed by atoms with E-state index in [-0.39, 0.29) is 22.8 Å². The Hall–Kier alpha value is -0.720. The molecule has 0 unspecified atom stereocenters. The van der Waals surface area contributed by atoms with Crippen molar-refractivity contribution in [1.29, 1.82) is 0 Å². The summed E-state index contributed by atoms with van der Waals surface area (Å²) in [4.78, 5) is 12.0. The minimum absolute atomic E-state index is 0. The molecule has 0 saturated heterocycles. The fraction of sp³-hybridized carbons (Fsp3) is 0.167. The lowest BCUT2D eigenvalue weighted by molar-refractivity contribution is -0.670. The molecule has 3 nitrogen and oxygen atoms in total. The molecule has 2 N–H and O–H groups in total. The topological polar surface area (TPSA) is 47.0 Å². The number of Topliss-reactive ketones (excluding diaryl/α,β-unsaturated/α-hetero) is 1. The zero-order valence-corrected chi connectivity index (χ0v) is 13.7. The van der Waals surface area contributed by atoms with Crippen LogP contribution < -0.4 is 27.3 Å². The van der Waals surface area contributed by atoms with Gasteiger partial charge in [-0.05, 0) is 19.1 Å². The van der Waals surface area contributed by atoms with Crippen molar-refractivity contribution in [3.8, 4) is 0 Å². The third kappa shape index (κ3) is 3.40. The van der Waals surface area contributed by atoms with Crippen LogP contribution in [0.15, 0.2) is 34.1 Å². The molecular weight excluding hydrogens is 380 g/mol. The molecule has 1 aromatic carbocycles. The number of nitrogens with zero attached hydrogens (tertiary/aromatic N) is 1. The van der Waals surface area contributed by atoms with E-state index in [2.05, 4.69) is 15.9 Å². The molecule has 0 aliphatic rings. The molecule has 0 radical (unpaired) electrons. The second-order valence-corrected chi connectivity index (χ2v) is 5.54. The molecule has 0 saturated carbocycles. The molecule has 1 heterocycles. The third-order valence-corrected chi connectivity index (χ3v) is 3.96. The number of rotatable bonds is 3. The number of hydrogen-bond acceptors (Lipinski definition) is 3. The van der Waals surface area contributed by atoms with Crippen molar-refractivity contribution in [2.75, 3.05) is 5.73 Å². The van der Waals surface area contributed by atoms with E-state index in [1.165, 1.54) is 11.3 Å². The average molecular weight is 392 g/mol. The number of ketones is 1. The second-order valence-electron chi connectivity index (χ2n) is 3.73. The second kappa shape index (κ2) is 6.45. The van der Waals surface area contributed by atoms with Crippen molar-refractivity contribution in [3.05, 3.63) is 45.4 Å². The number of thiazole rings is 1. The molecule has 2 rings (SSSR count). The summed E-state index contributed by atoms with van der Waals surface area (Å²) >= 11 is 4.80. The van der Waals surface area contributed by atoms with E-state index in [9.17, 15) is 4.79 Å². The van der Waals surface area contributed by atoms with Crippen LogP contribution in [0.5, 0.6) is 0 Å². The number of nitrogens with two attached hydrogens (primary N) is 1. The maximum atomic E-state index is 12.0. The first-order valence-corrected chi connectivity index (χ1v) is 6.77. The van der Waals surface area contributed by atoms with E-state index in [0.29, 0.717) is 17.2 Å². The molecule has 2 aromatic rings. The number of carbonyl (C=O) groups excluding carboxylic acids is 1. The molecule has 1 aromatic heterocycles. The predicted molar refractivity (Wildman–Crippen MR) is 72.1 cm³/mol. The van der Waals surface area contributed by atoms with Crippen LogP contribution in [0.4, 0.5) is 5.13 Å². The molecule has 0 spiro atoms. The van der Waals surface area contributed by atoms with Crippen LogP contribution in [-0.2, 0) is 6.54 Å². The fourth-order valence-electron chi connectivity index (χ4n) is 1.52. The molecule has 18 heavy (non-hydrogen) atoms. The maximum Gasteiger partial charge on any atom is 0.332 e. The third-order valence-electron chi connectivity index (χ3n) is 2.51. The first kappa shape index (κ1) is 15.3. The van der Waals surface area contributed by atoms with Gasteiger partial charge in [-0.3, -0.25) is 10.5 Å². The monoisotopic (exact) mass is 390 g/mol. The number of halogens is 2. The number of nitrogen functional groups attached to an aromatic ring is 1. The van der Waals surface area contributed by atoms with Crippen LogP contribution in [0.3, 0.4) is 0 Å². The van der Waals surface area contributed by atoms with E-state index in [0.717, 1.165) is 10.2 Å². The molecule has 0 aliphatic heterocycles. The Labute approximate surface area is 129 Å². The Morgan fingerprint density at radius 3 is 2.50 bits per heavy atom. The molecule has 96 valence electrons. The van der Waals surface area contributed by atoms with Gasteiger partial charge in [0, 0.05) is 15.4 Å². The van der Waals surface area contributed by atoms with E-state index in [1.54, 1.807) is 0 Å². The highest BCUT2D eigenvalue weighted by molar-refractivity contribution is 9.10. The van der Waals surface area contributed by atoms with Crippen LogP contribution in [0.25, 0.3) is 0 Å². The van der Waals surface area contributed by atoms with Gasteiger partial charge in [0.1, 0.15) is 5.69 Å². The van der Waals surface area contributed by atoms with Gasteiger partial charge < -0.3 is 17.0 Å². The highest BCUT2D eigenvalue weighted by Gasteiger charge is 2.16. The molecular formula is C12H12Br2N2OS. The van der Waals surface area contributed by atoms with Crippen LogP contribution in [0.1, 0.15) is 16.1 Å². The van der Waals surface area contributed by atoms with E-state index in [4.69, 9.17) is 5.73 Å². The van der Waals surface area contributed by atoms with Gasteiger partial charge in [-0.15, -0.1) is 0 Å². The SMILES string of the molecule is Cc1csc(N)[n+]1CC(=O)c1ccc(Br)cc1.[Br-]. The normalized spacial score (nSPS) is 9.89. The first-order valence-electron chi connectivity index (χ1n) is 5.10. The van der Waals surface area contributed by atoms with Gasteiger partial charge in [0.05, 0.1) is 0 Å². The van der Waals surface area contributed by atoms with Crippen molar-refractivity contribution in [3.63, 3.8) is 0 Å². The fourth-order valence-corrected chi connectivity index (χ4v) is 2.54. The number of anilines is 1. The number of hydrogen-bond donors (Lipinski definition) is 1. The standard InChI is InChI=1S/C12H11BrN2OS.BrH/c1-8-7-17-12(14)15(8)6-11(16)9-2-4-10(13)5-3-9;/h2-5,7,14H,6H2,1H3;1H. The van der Waals surface area contributed by atoms with Gasteiger partial charge in [-0.1, -0.05) is 39.4 Å². The molecule has 0 bridgehead atoms. The lowest BCUT2D eigenvalue weighted by Gasteiger charge is -2.01. The Morgan fingerprint density at radius 2 is 2.00 bits per heavy atom. The highest BCUT2D eigenvalue weighted by atomic mass is 79.9. The predicted octanol–water partition coefficient (Wildman–Crippen LogP) is -0.424. The summed E-state index contributed by atoms with van der Waals surface area (Å²) in [5, 5.41) is 2.61. The Bertz CT molecular complexity index is 532. The molecule has 0 atom stereocenters. The van der Waals surface area contributed by atoms with E-state index >= 15 is 0 Å². The zero-order valence-electron chi connectivity index (χ0n) is 9.69. The number of aromatic nitrogens is 1. The van der Waals surface area contributed by atoms with Crippen molar-refractivity contribution in [1.82, 2.24) is 0 Å². The zero-order chi connectivity index (χ0) is 12.4. The lowest BCUT2D eigenvalue weighted by atomic mass is 10.1. The molecule has 0 amide bonds. The van der Waals surface area contributed by atoms with Crippen LogP contribution in [-0.4, -0.2) is 5.78 Å². The molecule has 6 heteroatoms. The smallest absolute Gasteiger partial charge is 0.332 e. The minimum atomic E-state index is 0. The van der Waals surface area contributed by atoms with Gasteiger partial charge in [0.25, 0.3) is 0 Å². The largest absolute Gasteiger partial charge is 1.00 e. The van der Waals surface area contributed by atoms with Gasteiger partial charge in [0.2, 0.25) is 5.78 Å². The van der Waals surface area contributed by atoms with Crippen molar-refractivity contribution >= 4 is 38.2 Å². The number of benzene rings is 1. The quantitative estimate of drug-likeness (QED) is 0.570. The van der Waals surface area contributed by atoms with Gasteiger partial charge in [-0.25, -0.2) is 4.57 Å². The lowest BCUT2D eigenvalue weighted by Crippen LogP contribution is -3.00.